The molecule has 0 spiro atoms. The number of nitrogens with zero attached hydrogens (tertiary/aromatic N) is 1. The van der Waals surface area contributed by atoms with Crippen molar-refractivity contribution in [1.29, 1.82) is 0 Å². The summed E-state index contributed by atoms with van der Waals surface area (Å²) >= 11 is 4.61. The maximum atomic E-state index is 13.8. The molecule has 4 heterocycles. The van der Waals surface area contributed by atoms with E-state index in [0.717, 1.165) is 16.3 Å². The van der Waals surface area contributed by atoms with Gasteiger partial charge < -0.3 is 15.0 Å². The second-order valence-corrected chi connectivity index (χ2v) is 13.6. The van der Waals surface area contributed by atoms with Crippen LogP contribution in [0.15, 0.2) is 51.6 Å². The number of hydrogen-bond donors (Lipinski definition) is 2. The number of thiophene rings is 1. The molecule has 3 aromatic rings. The number of hydrogen-bond acceptors (Lipinski definition) is 8. The van der Waals surface area contributed by atoms with Crippen LogP contribution in [-0.4, -0.2) is 46.0 Å². The molecule has 4 aliphatic rings. The minimum atomic E-state index is -0.914. The zero-order valence-electron chi connectivity index (χ0n) is 20.6. The molecule has 196 valence electrons. The largest absolute Gasteiger partial charge is 0.497 e. The smallest absolute Gasteiger partial charge is 0.305 e. The number of H-pyrrole nitrogens is 1. The lowest BCUT2D eigenvalue weighted by molar-refractivity contribution is -0.146. The number of aromatic amines is 1. The van der Waals surface area contributed by atoms with Crippen LogP contribution in [0.2, 0.25) is 0 Å². The van der Waals surface area contributed by atoms with E-state index < -0.39 is 23.8 Å². The monoisotopic (exact) mass is 567 g/mol. The molecule has 7 rings (SSSR count). The predicted octanol–water partition coefficient (Wildman–Crippen LogP) is 4.01. The molecule has 1 aromatic carbocycles. The first kappa shape index (κ1) is 24.2. The summed E-state index contributed by atoms with van der Waals surface area (Å²) in [5.74, 6) is -0.718. The summed E-state index contributed by atoms with van der Waals surface area (Å²) in [6.45, 7) is 1.62. The first-order chi connectivity index (χ1) is 18.4. The Hall–Kier alpha value is -2.89. The van der Waals surface area contributed by atoms with Crippen molar-refractivity contribution in [2.24, 2.45) is 29.6 Å². The standard InChI is InChI=1S/C27H25N3O5S3/c1-11(23(31)28-12-5-7-13(35-2)8-6-12)30-25(32)18-14-10-15(19(18)26(30)33)21-17(14)20(16-4-3-9-36-16)22-24(37-21)29-27(34)38-22/h3-9,11,14-15,17-21H,10H2,1-2H3,(H,28,31)(H,29,34). The fourth-order valence-corrected chi connectivity index (χ4v) is 11.1. The number of carbonyl (C=O) groups is 3. The van der Waals surface area contributed by atoms with Crippen LogP contribution in [0.1, 0.15) is 29.0 Å². The lowest BCUT2D eigenvalue weighted by Crippen LogP contribution is -2.46. The van der Waals surface area contributed by atoms with E-state index in [1.54, 1.807) is 61.4 Å². The van der Waals surface area contributed by atoms with Crippen molar-refractivity contribution in [2.45, 2.75) is 35.6 Å². The normalized spacial score (nSPS) is 31.6. The van der Waals surface area contributed by atoms with Gasteiger partial charge in [-0.25, -0.2) is 0 Å². The predicted molar refractivity (Wildman–Crippen MR) is 146 cm³/mol. The maximum Gasteiger partial charge on any atom is 0.305 e. The van der Waals surface area contributed by atoms with Crippen molar-refractivity contribution in [2.75, 3.05) is 12.4 Å². The van der Waals surface area contributed by atoms with E-state index in [-0.39, 0.29) is 45.6 Å². The van der Waals surface area contributed by atoms with Crippen LogP contribution in [0.3, 0.4) is 0 Å². The van der Waals surface area contributed by atoms with Crippen LogP contribution in [0, 0.1) is 29.6 Å². The third kappa shape index (κ3) is 3.41. The minimum Gasteiger partial charge on any atom is -0.497 e. The van der Waals surface area contributed by atoms with E-state index in [1.807, 2.05) is 11.4 Å². The molecule has 8 nitrogen and oxygen atoms in total. The van der Waals surface area contributed by atoms with E-state index in [9.17, 15) is 19.2 Å². The van der Waals surface area contributed by atoms with Gasteiger partial charge in [-0.3, -0.25) is 24.1 Å². The molecule has 2 aromatic heterocycles. The number of rotatable bonds is 5. The van der Waals surface area contributed by atoms with Gasteiger partial charge in [0.1, 0.15) is 11.8 Å². The number of benzene rings is 1. The van der Waals surface area contributed by atoms with Gasteiger partial charge in [0, 0.05) is 26.6 Å². The molecule has 3 amide bonds. The highest BCUT2D eigenvalue weighted by Gasteiger charge is 2.70. The summed E-state index contributed by atoms with van der Waals surface area (Å²) in [6, 6.07) is 10.1. The Morgan fingerprint density at radius 3 is 2.53 bits per heavy atom. The highest BCUT2D eigenvalue weighted by molar-refractivity contribution is 8.00. The zero-order valence-corrected chi connectivity index (χ0v) is 23.0. The summed E-state index contributed by atoms with van der Waals surface area (Å²) in [6.07, 6.45) is 0.830. The highest BCUT2D eigenvalue weighted by atomic mass is 32.2. The van der Waals surface area contributed by atoms with Gasteiger partial charge in [0.2, 0.25) is 17.7 Å². The first-order valence-electron chi connectivity index (χ1n) is 12.6. The summed E-state index contributed by atoms with van der Waals surface area (Å²) < 4.78 is 5.16. The number of thioether (sulfide) groups is 1. The number of nitrogens with one attached hydrogen (secondary N) is 2. The molecule has 8 atom stereocenters. The first-order valence-corrected chi connectivity index (χ1v) is 15.2. The van der Waals surface area contributed by atoms with E-state index in [1.165, 1.54) is 21.1 Å². The van der Waals surface area contributed by atoms with Gasteiger partial charge in [0.25, 0.3) is 0 Å². The third-order valence-electron chi connectivity index (χ3n) is 8.73. The Labute approximate surface area is 230 Å². The fourth-order valence-electron chi connectivity index (χ4n) is 7.25. The van der Waals surface area contributed by atoms with Crippen molar-refractivity contribution in [3.8, 4) is 5.75 Å². The molecular weight excluding hydrogens is 543 g/mol. The van der Waals surface area contributed by atoms with Crippen LogP contribution in [0.4, 0.5) is 5.69 Å². The number of imide groups is 1. The van der Waals surface area contributed by atoms with E-state index in [2.05, 4.69) is 16.4 Å². The van der Waals surface area contributed by atoms with Gasteiger partial charge in [-0.2, -0.15) is 0 Å². The molecular formula is C27H25N3O5S3. The molecule has 2 aliphatic heterocycles. The van der Waals surface area contributed by atoms with E-state index >= 15 is 0 Å². The number of carbonyl (C=O) groups excluding carboxylic acids is 3. The molecule has 1 saturated heterocycles. The molecule has 2 N–H and O–H groups in total. The van der Waals surface area contributed by atoms with Crippen molar-refractivity contribution >= 4 is 57.8 Å². The van der Waals surface area contributed by atoms with Gasteiger partial charge in [-0.15, -0.1) is 23.1 Å². The Kier molecular flexibility index (Phi) is 5.61. The SMILES string of the molecule is COc1ccc(NC(=O)C(C)N2C(=O)C3C4CC(C3C2=O)C2C(c3cccs3)c3sc(=O)[nH]c3SC42)cc1. The van der Waals surface area contributed by atoms with Crippen LogP contribution < -0.4 is 14.9 Å². The second-order valence-electron chi connectivity index (χ2n) is 10.4. The average Bonchev–Trinajstić information content (AvgIpc) is 3.72. The fraction of sp³-hybridized carbons (Fsp3) is 0.407. The summed E-state index contributed by atoms with van der Waals surface area (Å²) in [4.78, 5) is 59.4. The number of amides is 3. The van der Waals surface area contributed by atoms with Crippen molar-refractivity contribution in [3.63, 3.8) is 0 Å². The number of methoxy groups -OCH3 is 1. The number of likely N-dealkylation sites (tertiary alicyclic amines) is 1. The molecule has 2 saturated carbocycles. The Morgan fingerprint density at radius 1 is 1.11 bits per heavy atom. The maximum absolute atomic E-state index is 13.8. The second kappa shape index (κ2) is 8.82. The van der Waals surface area contributed by atoms with Gasteiger partial charge in [0.15, 0.2) is 0 Å². The van der Waals surface area contributed by atoms with Crippen molar-refractivity contribution < 1.29 is 19.1 Å². The van der Waals surface area contributed by atoms with Crippen LogP contribution in [-0.2, 0) is 14.4 Å². The third-order valence-corrected chi connectivity index (χ3v) is 12.3. The van der Waals surface area contributed by atoms with Crippen LogP contribution >= 0.6 is 34.4 Å². The summed E-state index contributed by atoms with van der Waals surface area (Å²) in [7, 11) is 1.57. The molecule has 2 bridgehead atoms. The molecule has 2 aliphatic carbocycles. The lowest BCUT2D eigenvalue weighted by Gasteiger charge is -2.42. The Bertz CT molecular complexity index is 1500. The zero-order chi connectivity index (χ0) is 26.3. The summed E-state index contributed by atoms with van der Waals surface area (Å²) in [5.41, 5.74) is 0.573. The molecule has 8 unspecified atom stereocenters. The van der Waals surface area contributed by atoms with Crippen LogP contribution in [0.25, 0.3) is 0 Å². The van der Waals surface area contributed by atoms with Crippen molar-refractivity contribution in [1.82, 2.24) is 9.88 Å². The molecule has 0 radical (unpaired) electrons. The number of aromatic nitrogens is 1. The summed E-state index contributed by atoms with van der Waals surface area (Å²) in [5, 5.41) is 5.93. The molecule has 38 heavy (non-hydrogen) atoms. The van der Waals surface area contributed by atoms with Gasteiger partial charge in [-0.1, -0.05) is 17.4 Å². The topological polar surface area (TPSA) is 109 Å². The van der Waals surface area contributed by atoms with E-state index in [4.69, 9.17) is 4.74 Å². The number of anilines is 1. The highest BCUT2D eigenvalue weighted by Crippen LogP contribution is 2.68. The van der Waals surface area contributed by atoms with Gasteiger partial charge >= 0.3 is 4.87 Å². The van der Waals surface area contributed by atoms with E-state index in [0.29, 0.717) is 11.4 Å². The number of thiazole rings is 1. The molecule has 11 heteroatoms. The number of ether oxygens (including phenoxy) is 1. The Morgan fingerprint density at radius 2 is 1.84 bits per heavy atom. The molecule has 3 fully saturated rings. The van der Waals surface area contributed by atoms with Crippen molar-refractivity contribution in [3.05, 3.63) is 61.2 Å². The van der Waals surface area contributed by atoms with Crippen LogP contribution in [0.5, 0.6) is 5.75 Å². The van der Waals surface area contributed by atoms with Gasteiger partial charge in [-0.05, 0) is 66.8 Å². The average molecular weight is 568 g/mol. The van der Waals surface area contributed by atoms with Gasteiger partial charge in [0.05, 0.1) is 24.0 Å². The minimum absolute atomic E-state index is 0.0392. The lowest BCUT2D eigenvalue weighted by atomic mass is 9.69. The number of fused-ring (bicyclic) bond motifs is 9. The quantitative estimate of drug-likeness (QED) is 0.451. The Balaban J connectivity index is 1.18.